The van der Waals surface area contributed by atoms with Gasteiger partial charge in [-0.2, -0.15) is 12.6 Å². The maximum Gasteiger partial charge on any atom is 0 e. The molecule has 0 fully saturated rings. The summed E-state index contributed by atoms with van der Waals surface area (Å²) in [6.45, 7) is 0. The van der Waals surface area contributed by atoms with E-state index in [9.17, 15) is 4.39 Å². The third-order valence-electron chi connectivity index (χ3n) is 0. The second-order valence-corrected chi connectivity index (χ2v) is 35.6. The van der Waals surface area contributed by atoms with Crippen LogP contribution in [0.15, 0.2) is 0 Å². The summed E-state index contributed by atoms with van der Waals surface area (Å²) in [4.78, 5) is -0.278. The van der Waals surface area contributed by atoms with Crippen LogP contribution in [0, 0.1) is 7.43 Å². The van der Waals surface area contributed by atoms with E-state index < -0.39 is 0 Å². The Bertz CT molecular complexity index is 26.5. The molecule has 0 aliphatic rings. The Morgan fingerprint density at radius 3 is 1.10 bits per heavy atom. The van der Waals surface area contributed by atoms with Gasteiger partial charge in [-0.3, -0.25) is 4.39 Å². The third-order valence-corrected chi connectivity index (χ3v) is 0. The van der Waals surface area contributed by atoms with Crippen LogP contribution >= 0.6 is 72.6 Å². The zero-order chi connectivity index (χ0) is 7.58. The van der Waals surface area contributed by atoms with Gasteiger partial charge < -0.3 is 7.43 Å². The largest absolute Gasteiger partial charge is 0 e. The van der Waals surface area contributed by atoms with E-state index in [-0.39, 0.29) is 30.9 Å². The molecule has 0 saturated heterocycles. The van der Waals surface area contributed by atoms with Gasteiger partial charge in [0, 0.05) is 18.6 Å². The molecule has 0 heterocycles. The van der Waals surface area contributed by atoms with Crippen molar-refractivity contribution in [3.63, 3.8) is 0 Å². The first-order valence-corrected chi connectivity index (χ1v) is 15.7. The Balaban J connectivity index is -0.0000000125. The molecule has 0 atom stereocenters. The number of thiol groups is 1. The predicted octanol–water partition coefficient (Wildman–Crippen LogP) is 4.23. The normalized spacial score (nSPS) is 4.80. The van der Waals surface area contributed by atoms with Crippen molar-refractivity contribution >= 4 is 72.6 Å². The number of hydrogen-bond donors (Lipinski definition) is 1. The summed E-state index contributed by atoms with van der Waals surface area (Å²) < 4.78 is 9.50. The summed E-state index contributed by atoms with van der Waals surface area (Å²) in [5.74, 6) is 0. The van der Waals surface area contributed by atoms with Gasteiger partial charge >= 0.3 is 64.9 Å². The molecule has 0 spiro atoms. The van der Waals surface area contributed by atoms with Gasteiger partial charge in [0.2, 0.25) is 0 Å². The van der Waals surface area contributed by atoms with Gasteiger partial charge in [-0.05, 0) is 6.26 Å². The fourth-order valence-electron chi connectivity index (χ4n) is 0. The molecular formula is C3H10FI3SV2-. The van der Waals surface area contributed by atoms with Gasteiger partial charge in [-0.25, -0.2) is 0 Å². The van der Waals surface area contributed by atoms with E-state index in [1.807, 2.05) is 0 Å². The van der Waals surface area contributed by atoms with Gasteiger partial charge in [0.1, 0.15) is 0 Å². The van der Waals surface area contributed by atoms with E-state index in [0.29, 0.717) is 7.18 Å². The Morgan fingerprint density at radius 1 is 1.10 bits per heavy atom. The first-order chi connectivity index (χ1) is 3.73. The SMILES string of the molecule is CF.CS.[CH3-].[I][V]([I])[I].[V]. The molecule has 10 heavy (non-hydrogen) atoms. The molecule has 0 bridgehead atoms. The van der Waals surface area contributed by atoms with Gasteiger partial charge in [0.25, 0.3) is 0 Å². The van der Waals surface area contributed by atoms with E-state index in [2.05, 4.69) is 72.6 Å². The summed E-state index contributed by atoms with van der Waals surface area (Å²) in [5.41, 5.74) is 0. The van der Waals surface area contributed by atoms with Crippen LogP contribution in [0.4, 0.5) is 4.39 Å². The smallest absolute Gasteiger partial charge is 0 e. The molecule has 0 amide bonds. The van der Waals surface area contributed by atoms with Crippen LogP contribution in [0.1, 0.15) is 0 Å². The Hall–Kier alpha value is 3.64. The van der Waals surface area contributed by atoms with Crippen molar-refractivity contribution in [3.05, 3.63) is 7.43 Å². The van der Waals surface area contributed by atoms with E-state index in [0.717, 1.165) is 0 Å². The maximum atomic E-state index is 9.50. The van der Waals surface area contributed by atoms with Crippen molar-refractivity contribution < 1.29 is 27.9 Å². The van der Waals surface area contributed by atoms with Gasteiger partial charge in [0.15, 0.2) is 0 Å². The molecule has 7 heteroatoms. The molecule has 67 valence electrons. The summed E-state index contributed by atoms with van der Waals surface area (Å²) in [6.07, 6.45) is 1.69. The number of rotatable bonds is 0. The van der Waals surface area contributed by atoms with Gasteiger partial charge in [-0.15, -0.1) is 0 Å². The van der Waals surface area contributed by atoms with E-state index in [1.165, 1.54) is 0 Å². The summed E-state index contributed by atoms with van der Waals surface area (Å²) in [6, 6.07) is 0. The van der Waals surface area contributed by atoms with E-state index in [4.69, 9.17) is 0 Å². The van der Waals surface area contributed by atoms with Crippen molar-refractivity contribution in [1.82, 2.24) is 0 Å². The quantitative estimate of drug-likeness (QED) is 0.248. The molecule has 0 aromatic rings. The van der Waals surface area contributed by atoms with Crippen molar-refractivity contribution in [1.29, 1.82) is 0 Å². The van der Waals surface area contributed by atoms with Crippen molar-refractivity contribution in [2.75, 3.05) is 13.4 Å². The number of alkyl halides is 1. The van der Waals surface area contributed by atoms with Crippen LogP contribution in [-0.2, 0) is 23.5 Å². The topological polar surface area (TPSA) is 0 Å². The maximum absolute atomic E-state index is 9.50. The summed E-state index contributed by atoms with van der Waals surface area (Å²) in [5, 5.41) is 0. The van der Waals surface area contributed by atoms with Crippen LogP contribution in [0.3, 0.4) is 0 Å². The van der Waals surface area contributed by atoms with Crippen molar-refractivity contribution in [3.8, 4) is 0 Å². The monoisotopic (exact) mass is 580 g/mol. The van der Waals surface area contributed by atoms with Gasteiger partial charge in [-0.1, -0.05) is 0 Å². The molecule has 0 aliphatic heterocycles. The average molecular weight is 580 g/mol. The first-order valence-electron chi connectivity index (χ1n) is 1.33. The van der Waals surface area contributed by atoms with Crippen molar-refractivity contribution in [2.45, 2.75) is 0 Å². The fraction of sp³-hybridized carbons (Fsp3) is 0.667. The molecular weight excluding hydrogens is 570 g/mol. The Morgan fingerprint density at radius 2 is 1.10 bits per heavy atom. The molecule has 0 nitrogen and oxygen atoms in total. The molecule has 0 saturated carbocycles. The molecule has 1 radical (unpaired) electrons. The molecule has 0 aromatic heterocycles. The van der Waals surface area contributed by atoms with Crippen LogP contribution in [0.2, 0.25) is 0 Å². The molecule has 0 unspecified atom stereocenters. The first kappa shape index (κ1) is 29.2. The van der Waals surface area contributed by atoms with Crippen LogP contribution in [0.25, 0.3) is 0 Å². The minimum Gasteiger partial charge on any atom is 0 e. The Labute approximate surface area is 119 Å². The zero-order valence-electron chi connectivity index (χ0n) is 5.85. The van der Waals surface area contributed by atoms with E-state index in [1.54, 1.807) is 6.26 Å². The molecule has 0 N–H and O–H groups in total. The van der Waals surface area contributed by atoms with Crippen LogP contribution in [-0.4, -0.2) is 13.4 Å². The van der Waals surface area contributed by atoms with Crippen LogP contribution in [0.5, 0.6) is 0 Å². The second kappa shape index (κ2) is 38.8. The number of hydrogen-bond acceptors (Lipinski definition) is 1. The fourth-order valence-corrected chi connectivity index (χ4v) is 0. The predicted molar refractivity (Wildman–Crippen MR) is 70.4 cm³/mol. The van der Waals surface area contributed by atoms with E-state index >= 15 is 0 Å². The minimum atomic E-state index is -0.278. The Kier molecular flexibility index (Phi) is 113. The van der Waals surface area contributed by atoms with Gasteiger partial charge in [0.05, 0.1) is 7.18 Å². The minimum absolute atomic E-state index is 0. The zero-order valence-corrected chi connectivity index (χ0v) is 16.0. The number of halogens is 4. The molecule has 0 aliphatic carbocycles. The average Bonchev–Trinajstić information content (AvgIpc) is 1.75. The molecule has 0 rings (SSSR count). The van der Waals surface area contributed by atoms with Crippen LogP contribution < -0.4 is 0 Å². The third kappa shape index (κ3) is 99.5. The standard InChI is InChI=1S/CH3F.CH4S.CH3.3HI.2V/c2*1-2;;;;;;/h1H3;2H,1H3;1H3;3*1H;;/q;;-1;;;;;+3/p-3. The van der Waals surface area contributed by atoms with Crippen molar-refractivity contribution in [2.24, 2.45) is 0 Å². The summed E-state index contributed by atoms with van der Waals surface area (Å²) >= 11 is 10.9. The second-order valence-electron chi connectivity index (χ2n) is 0.192. The molecule has 0 aromatic carbocycles. The summed E-state index contributed by atoms with van der Waals surface area (Å²) in [7, 11) is 0.500.